The number of methoxy groups -OCH3 is 2. The van der Waals surface area contributed by atoms with Gasteiger partial charge in [0.2, 0.25) is 0 Å². The Hall–Kier alpha value is -3.58. The SMILES string of the molecule is COc1ccc(CCNc2nc(SCC(=O)c3ccccc3)nc3ccccc23)cc1OC. The highest BCUT2D eigenvalue weighted by Crippen LogP contribution is 2.28. The molecule has 0 aliphatic carbocycles. The molecule has 0 bridgehead atoms. The number of hydrogen-bond donors (Lipinski definition) is 1. The van der Waals surface area contributed by atoms with E-state index in [1.807, 2.05) is 72.8 Å². The van der Waals surface area contributed by atoms with E-state index in [-0.39, 0.29) is 11.5 Å². The molecular formula is C26H25N3O3S. The number of carbonyl (C=O) groups excluding carboxylic acids is 1. The van der Waals surface area contributed by atoms with E-state index in [0.717, 1.165) is 28.7 Å². The first-order chi connectivity index (χ1) is 16.2. The highest BCUT2D eigenvalue weighted by Gasteiger charge is 2.12. The van der Waals surface area contributed by atoms with Gasteiger partial charge in [0.25, 0.3) is 0 Å². The van der Waals surface area contributed by atoms with Crippen molar-refractivity contribution >= 4 is 34.3 Å². The van der Waals surface area contributed by atoms with Gasteiger partial charge in [-0.25, -0.2) is 9.97 Å². The number of rotatable bonds is 10. The Morgan fingerprint density at radius 2 is 1.67 bits per heavy atom. The van der Waals surface area contributed by atoms with Crippen LogP contribution in [0.5, 0.6) is 11.5 Å². The molecule has 4 rings (SSSR count). The maximum atomic E-state index is 12.5. The van der Waals surface area contributed by atoms with Crippen molar-refractivity contribution in [2.24, 2.45) is 0 Å². The summed E-state index contributed by atoms with van der Waals surface area (Å²) in [5.74, 6) is 2.52. The number of Topliss-reactive ketones (excluding diaryl/α,β-unsaturated/α-hetero) is 1. The Morgan fingerprint density at radius 1 is 0.909 bits per heavy atom. The van der Waals surface area contributed by atoms with E-state index in [4.69, 9.17) is 14.5 Å². The molecule has 4 aromatic rings. The predicted molar refractivity (Wildman–Crippen MR) is 133 cm³/mol. The Balaban J connectivity index is 1.47. The van der Waals surface area contributed by atoms with Crippen LogP contribution in [0.3, 0.4) is 0 Å². The predicted octanol–water partition coefficient (Wildman–Crippen LogP) is 5.28. The maximum absolute atomic E-state index is 12.5. The monoisotopic (exact) mass is 459 g/mol. The molecule has 33 heavy (non-hydrogen) atoms. The first kappa shape index (κ1) is 22.6. The molecule has 0 saturated carbocycles. The summed E-state index contributed by atoms with van der Waals surface area (Å²) in [6.07, 6.45) is 0.785. The summed E-state index contributed by atoms with van der Waals surface area (Å²) in [6, 6.07) is 23.1. The molecule has 0 radical (unpaired) electrons. The normalized spacial score (nSPS) is 10.7. The van der Waals surface area contributed by atoms with Crippen LogP contribution in [-0.2, 0) is 6.42 Å². The van der Waals surface area contributed by atoms with Crippen molar-refractivity contribution in [1.82, 2.24) is 9.97 Å². The van der Waals surface area contributed by atoms with E-state index >= 15 is 0 Å². The van der Waals surface area contributed by atoms with Crippen molar-refractivity contribution in [3.05, 3.63) is 83.9 Å². The summed E-state index contributed by atoms with van der Waals surface area (Å²) in [6.45, 7) is 0.684. The van der Waals surface area contributed by atoms with Gasteiger partial charge in [0.1, 0.15) is 5.82 Å². The molecule has 0 spiro atoms. The molecule has 0 saturated heterocycles. The van der Waals surface area contributed by atoms with Crippen molar-refractivity contribution in [3.8, 4) is 11.5 Å². The van der Waals surface area contributed by atoms with Crippen LogP contribution in [0.15, 0.2) is 78.0 Å². The third kappa shape index (κ3) is 5.62. The first-order valence-corrected chi connectivity index (χ1v) is 11.6. The molecule has 0 aliphatic rings. The lowest BCUT2D eigenvalue weighted by atomic mass is 10.1. The maximum Gasteiger partial charge on any atom is 0.190 e. The smallest absolute Gasteiger partial charge is 0.190 e. The summed E-state index contributed by atoms with van der Waals surface area (Å²) < 4.78 is 10.7. The molecule has 6 nitrogen and oxygen atoms in total. The zero-order chi connectivity index (χ0) is 23.0. The standard InChI is InChI=1S/C26H25N3O3S/c1-31-23-13-12-18(16-24(23)32-2)14-15-27-25-20-10-6-7-11-21(20)28-26(29-25)33-17-22(30)19-8-4-3-5-9-19/h3-13,16H,14-15,17H2,1-2H3,(H,27,28,29). The molecule has 0 atom stereocenters. The van der Waals surface area contributed by atoms with Crippen LogP contribution < -0.4 is 14.8 Å². The average Bonchev–Trinajstić information content (AvgIpc) is 2.87. The summed E-state index contributed by atoms with van der Waals surface area (Å²) >= 11 is 1.35. The van der Waals surface area contributed by atoms with Crippen molar-refractivity contribution in [2.45, 2.75) is 11.6 Å². The van der Waals surface area contributed by atoms with Gasteiger partial charge >= 0.3 is 0 Å². The van der Waals surface area contributed by atoms with Gasteiger partial charge in [-0.3, -0.25) is 4.79 Å². The molecule has 0 fully saturated rings. The zero-order valence-electron chi connectivity index (χ0n) is 18.6. The molecule has 0 unspecified atom stereocenters. The number of nitrogens with zero attached hydrogens (tertiary/aromatic N) is 2. The Labute approximate surface area is 197 Å². The lowest BCUT2D eigenvalue weighted by Gasteiger charge is -2.12. The highest BCUT2D eigenvalue weighted by atomic mass is 32.2. The summed E-state index contributed by atoms with van der Waals surface area (Å²) in [7, 11) is 3.26. The minimum absolute atomic E-state index is 0.0559. The van der Waals surface area contributed by atoms with Crippen LogP contribution in [0, 0.1) is 0 Å². The van der Waals surface area contributed by atoms with Gasteiger partial charge in [0, 0.05) is 17.5 Å². The summed E-state index contributed by atoms with van der Waals surface area (Å²) in [4.78, 5) is 21.8. The average molecular weight is 460 g/mol. The Morgan fingerprint density at radius 3 is 2.45 bits per heavy atom. The second-order valence-corrected chi connectivity index (χ2v) is 8.26. The van der Waals surface area contributed by atoms with Gasteiger partial charge < -0.3 is 14.8 Å². The quantitative estimate of drug-likeness (QED) is 0.197. The van der Waals surface area contributed by atoms with Gasteiger partial charge in [-0.1, -0.05) is 60.3 Å². The van der Waals surface area contributed by atoms with Gasteiger partial charge in [-0.15, -0.1) is 0 Å². The third-order valence-electron chi connectivity index (χ3n) is 5.16. The number of carbonyl (C=O) groups is 1. The molecule has 1 heterocycles. The number of ether oxygens (including phenoxy) is 2. The van der Waals surface area contributed by atoms with Crippen LogP contribution in [-0.4, -0.2) is 42.3 Å². The van der Waals surface area contributed by atoms with Crippen molar-refractivity contribution in [2.75, 3.05) is 31.8 Å². The van der Waals surface area contributed by atoms with E-state index in [0.29, 0.717) is 28.8 Å². The molecule has 168 valence electrons. The summed E-state index contributed by atoms with van der Waals surface area (Å²) in [5, 5.41) is 4.96. The van der Waals surface area contributed by atoms with Crippen LogP contribution in [0.4, 0.5) is 5.82 Å². The number of para-hydroxylation sites is 1. The fraction of sp³-hybridized carbons (Fsp3) is 0.192. The topological polar surface area (TPSA) is 73.3 Å². The minimum Gasteiger partial charge on any atom is -0.493 e. The largest absolute Gasteiger partial charge is 0.493 e. The van der Waals surface area contributed by atoms with Crippen LogP contribution in [0.25, 0.3) is 10.9 Å². The van der Waals surface area contributed by atoms with Crippen LogP contribution in [0.1, 0.15) is 15.9 Å². The van der Waals surface area contributed by atoms with Gasteiger partial charge in [-0.05, 0) is 36.2 Å². The van der Waals surface area contributed by atoms with Crippen molar-refractivity contribution in [3.63, 3.8) is 0 Å². The molecule has 0 amide bonds. The number of nitrogens with one attached hydrogen (secondary N) is 1. The van der Waals surface area contributed by atoms with Crippen LogP contribution in [0.2, 0.25) is 0 Å². The van der Waals surface area contributed by atoms with Crippen LogP contribution >= 0.6 is 11.8 Å². The fourth-order valence-electron chi connectivity index (χ4n) is 3.45. The van der Waals surface area contributed by atoms with E-state index in [2.05, 4.69) is 10.3 Å². The molecule has 1 N–H and O–H groups in total. The van der Waals surface area contributed by atoms with Gasteiger partial charge in [-0.2, -0.15) is 0 Å². The number of aromatic nitrogens is 2. The number of hydrogen-bond acceptors (Lipinski definition) is 7. The highest BCUT2D eigenvalue weighted by molar-refractivity contribution is 7.99. The van der Waals surface area contributed by atoms with E-state index in [1.54, 1.807) is 14.2 Å². The number of ketones is 1. The third-order valence-corrected chi connectivity index (χ3v) is 6.01. The second-order valence-electron chi connectivity index (χ2n) is 7.32. The van der Waals surface area contributed by atoms with E-state index in [9.17, 15) is 4.79 Å². The van der Waals surface area contributed by atoms with Crippen molar-refractivity contribution < 1.29 is 14.3 Å². The lowest BCUT2D eigenvalue weighted by molar-refractivity contribution is 0.102. The number of fused-ring (bicyclic) bond motifs is 1. The number of benzene rings is 3. The molecule has 0 aliphatic heterocycles. The number of thioether (sulfide) groups is 1. The minimum atomic E-state index is 0.0559. The lowest BCUT2D eigenvalue weighted by Crippen LogP contribution is -2.09. The fourth-order valence-corrected chi connectivity index (χ4v) is 4.20. The molecule has 3 aromatic carbocycles. The molecule has 1 aromatic heterocycles. The van der Waals surface area contributed by atoms with Gasteiger partial charge in [0.15, 0.2) is 22.4 Å². The first-order valence-electron chi connectivity index (χ1n) is 10.6. The molecule has 7 heteroatoms. The summed E-state index contributed by atoms with van der Waals surface area (Å²) in [5.41, 5.74) is 2.66. The number of anilines is 1. The Kier molecular flexibility index (Phi) is 7.42. The Bertz CT molecular complexity index is 1250. The second kappa shape index (κ2) is 10.8. The molecular weight excluding hydrogens is 434 g/mol. The van der Waals surface area contributed by atoms with E-state index in [1.165, 1.54) is 11.8 Å². The zero-order valence-corrected chi connectivity index (χ0v) is 19.4. The van der Waals surface area contributed by atoms with Gasteiger partial charge in [0.05, 0.1) is 25.5 Å². The van der Waals surface area contributed by atoms with Crippen molar-refractivity contribution in [1.29, 1.82) is 0 Å². The van der Waals surface area contributed by atoms with E-state index < -0.39 is 0 Å².